The van der Waals surface area contributed by atoms with Crippen molar-refractivity contribution in [1.82, 2.24) is 4.98 Å². The molecule has 0 bridgehead atoms. The minimum atomic E-state index is -5.79. The van der Waals surface area contributed by atoms with Crippen LogP contribution in [0.1, 0.15) is 0 Å². The molecule has 0 aliphatic rings. The van der Waals surface area contributed by atoms with Gasteiger partial charge in [0, 0.05) is 11.5 Å². The first-order valence-electron chi connectivity index (χ1n) is 5.19. The Labute approximate surface area is 112 Å². The van der Waals surface area contributed by atoms with Crippen molar-refractivity contribution >= 4 is 20.9 Å². The maximum Gasteiger partial charge on any atom is 0.534 e. The molecule has 108 valence electrons. The third-order valence-corrected chi connectivity index (χ3v) is 3.31. The standard InChI is InChI=1S/C11H8F3NO4S/c1-18-9-6-7-4-2-3-5-8(7)10(15-9)19-20(16,17)11(12,13)14/h2-6H,1H3. The van der Waals surface area contributed by atoms with E-state index in [4.69, 9.17) is 4.74 Å². The minimum Gasteiger partial charge on any atom is -0.481 e. The van der Waals surface area contributed by atoms with E-state index in [1.165, 1.54) is 25.3 Å². The Balaban J connectivity index is 2.59. The molecule has 0 atom stereocenters. The van der Waals surface area contributed by atoms with Crippen molar-refractivity contribution in [3.8, 4) is 11.8 Å². The Morgan fingerprint density at radius 1 is 1.20 bits per heavy atom. The van der Waals surface area contributed by atoms with Crippen molar-refractivity contribution in [1.29, 1.82) is 0 Å². The number of fused-ring (bicyclic) bond motifs is 1. The molecule has 0 aliphatic carbocycles. The highest BCUT2D eigenvalue weighted by Gasteiger charge is 2.49. The zero-order valence-electron chi connectivity index (χ0n) is 10.0. The topological polar surface area (TPSA) is 65.5 Å². The fourth-order valence-corrected chi connectivity index (χ4v) is 1.89. The quantitative estimate of drug-likeness (QED) is 0.644. The van der Waals surface area contributed by atoms with Crippen LogP contribution in [0.2, 0.25) is 0 Å². The van der Waals surface area contributed by atoms with Crippen LogP contribution < -0.4 is 8.92 Å². The number of pyridine rings is 1. The fourth-order valence-electron chi connectivity index (χ4n) is 1.46. The maximum absolute atomic E-state index is 12.3. The molecule has 0 fully saturated rings. The average Bonchev–Trinajstić information content (AvgIpc) is 2.36. The minimum absolute atomic E-state index is 0.0592. The van der Waals surface area contributed by atoms with E-state index < -0.39 is 21.5 Å². The number of halogens is 3. The van der Waals surface area contributed by atoms with Crippen LogP contribution in [0, 0.1) is 0 Å². The van der Waals surface area contributed by atoms with Gasteiger partial charge in [-0.3, -0.25) is 0 Å². The number of methoxy groups -OCH3 is 1. The number of ether oxygens (including phenoxy) is 1. The van der Waals surface area contributed by atoms with Gasteiger partial charge in [0.1, 0.15) is 0 Å². The van der Waals surface area contributed by atoms with Crippen molar-refractivity contribution < 1.29 is 30.5 Å². The van der Waals surface area contributed by atoms with E-state index >= 15 is 0 Å². The van der Waals surface area contributed by atoms with Gasteiger partial charge in [-0.1, -0.05) is 18.2 Å². The lowest BCUT2D eigenvalue weighted by atomic mass is 10.2. The molecule has 9 heteroatoms. The van der Waals surface area contributed by atoms with Gasteiger partial charge in [-0.05, 0) is 11.5 Å². The zero-order valence-corrected chi connectivity index (χ0v) is 10.8. The number of hydrogen-bond acceptors (Lipinski definition) is 5. The lowest BCUT2D eigenvalue weighted by Crippen LogP contribution is -2.28. The number of alkyl halides is 3. The zero-order chi connectivity index (χ0) is 15.0. The second-order valence-electron chi connectivity index (χ2n) is 3.67. The summed E-state index contributed by atoms with van der Waals surface area (Å²) in [7, 11) is -4.54. The van der Waals surface area contributed by atoms with Crippen molar-refractivity contribution in [3.05, 3.63) is 30.3 Å². The molecule has 0 aliphatic heterocycles. The highest BCUT2D eigenvalue weighted by Crippen LogP contribution is 2.32. The number of aromatic nitrogens is 1. The second-order valence-corrected chi connectivity index (χ2v) is 5.21. The van der Waals surface area contributed by atoms with Crippen molar-refractivity contribution in [2.24, 2.45) is 0 Å². The molecule has 1 aromatic carbocycles. The van der Waals surface area contributed by atoms with Gasteiger partial charge in [0.05, 0.1) is 7.11 Å². The predicted octanol–water partition coefficient (Wildman–Crippen LogP) is 2.47. The molecule has 0 amide bonds. The van der Waals surface area contributed by atoms with E-state index in [-0.39, 0.29) is 11.3 Å². The summed E-state index contributed by atoms with van der Waals surface area (Å²) in [5, 5.41) is 0.563. The van der Waals surface area contributed by atoms with Gasteiger partial charge in [-0.25, -0.2) is 0 Å². The lowest BCUT2D eigenvalue weighted by Gasteiger charge is -2.11. The molecule has 20 heavy (non-hydrogen) atoms. The van der Waals surface area contributed by atoms with E-state index in [0.29, 0.717) is 5.39 Å². The van der Waals surface area contributed by atoms with Crippen LogP contribution in [0.15, 0.2) is 30.3 Å². The second kappa shape index (κ2) is 4.82. The summed E-state index contributed by atoms with van der Waals surface area (Å²) in [6.07, 6.45) is 0. The molecule has 0 saturated heterocycles. The summed E-state index contributed by atoms with van der Waals surface area (Å²) in [4.78, 5) is 3.59. The van der Waals surface area contributed by atoms with Gasteiger partial charge in [-0.2, -0.15) is 26.6 Å². The molecule has 1 heterocycles. The summed E-state index contributed by atoms with van der Waals surface area (Å²) >= 11 is 0. The van der Waals surface area contributed by atoms with E-state index in [9.17, 15) is 21.6 Å². The van der Waals surface area contributed by atoms with Crippen molar-refractivity contribution in [2.45, 2.75) is 5.51 Å². The smallest absolute Gasteiger partial charge is 0.481 e. The molecule has 2 rings (SSSR count). The highest BCUT2D eigenvalue weighted by atomic mass is 32.2. The average molecular weight is 307 g/mol. The first kappa shape index (κ1) is 14.4. The van der Waals surface area contributed by atoms with Gasteiger partial charge in [0.25, 0.3) is 0 Å². The first-order valence-corrected chi connectivity index (χ1v) is 6.60. The van der Waals surface area contributed by atoms with Crippen LogP contribution >= 0.6 is 0 Å². The van der Waals surface area contributed by atoms with Crippen LogP contribution in [-0.2, 0) is 10.1 Å². The first-order chi connectivity index (χ1) is 9.24. The Kier molecular flexibility index (Phi) is 3.46. The Morgan fingerprint density at radius 3 is 2.45 bits per heavy atom. The van der Waals surface area contributed by atoms with Gasteiger partial charge in [0.2, 0.25) is 11.8 Å². The Morgan fingerprint density at radius 2 is 1.85 bits per heavy atom. The molecule has 5 nitrogen and oxygen atoms in total. The summed E-state index contributed by atoms with van der Waals surface area (Å²) < 4.78 is 67.9. The van der Waals surface area contributed by atoms with Gasteiger partial charge in [0.15, 0.2) is 0 Å². The number of nitrogens with zero attached hydrogens (tertiary/aromatic N) is 1. The highest BCUT2D eigenvalue weighted by molar-refractivity contribution is 7.88. The number of rotatable bonds is 3. The summed E-state index contributed by atoms with van der Waals surface area (Å²) in [6.45, 7) is 0. The van der Waals surface area contributed by atoms with E-state index in [0.717, 1.165) is 0 Å². The van der Waals surface area contributed by atoms with Crippen molar-refractivity contribution in [3.63, 3.8) is 0 Å². The number of benzene rings is 1. The van der Waals surface area contributed by atoms with Gasteiger partial charge < -0.3 is 8.92 Å². The molecule has 0 N–H and O–H groups in total. The van der Waals surface area contributed by atoms with Crippen LogP contribution in [-0.4, -0.2) is 26.0 Å². The molecular formula is C11H8F3NO4S. The van der Waals surface area contributed by atoms with Crippen LogP contribution in [0.5, 0.6) is 11.8 Å². The molecule has 0 unspecified atom stereocenters. The molecule has 0 spiro atoms. The lowest BCUT2D eigenvalue weighted by molar-refractivity contribution is -0.0501. The van der Waals surface area contributed by atoms with E-state index in [1.807, 2.05) is 0 Å². The molecule has 2 aromatic rings. The summed E-state index contributed by atoms with van der Waals surface area (Å²) in [6, 6.07) is 7.55. The largest absolute Gasteiger partial charge is 0.534 e. The van der Waals surface area contributed by atoms with Gasteiger partial charge >= 0.3 is 15.6 Å². The van der Waals surface area contributed by atoms with Crippen LogP contribution in [0.3, 0.4) is 0 Å². The monoisotopic (exact) mass is 307 g/mol. The molecule has 1 aromatic heterocycles. The summed E-state index contributed by atoms with van der Waals surface area (Å²) in [5.74, 6) is -0.742. The maximum atomic E-state index is 12.3. The molecular weight excluding hydrogens is 299 g/mol. The van der Waals surface area contributed by atoms with Gasteiger partial charge in [-0.15, -0.1) is 0 Å². The predicted molar refractivity (Wildman–Crippen MR) is 63.9 cm³/mol. The Hall–Kier alpha value is -2.03. The van der Waals surface area contributed by atoms with Crippen LogP contribution in [0.25, 0.3) is 10.8 Å². The third kappa shape index (κ3) is 2.62. The van der Waals surface area contributed by atoms with E-state index in [2.05, 4.69) is 9.17 Å². The normalized spacial score (nSPS) is 12.4. The summed E-state index contributed by atoms with van der Waals surface area (Å²) in [5.41, 5.74) is -5.53. The number of hydrogen-bond donors (Lipinski definition) is 0. The fraction of sp³-hybridized carbons (Fsp3) is 0.182. The SMILES string of the molecule is COc1cc2ccccc2c(OS(=O)(=O)C(F)(F)F)n1. The van der Waals surface area contributed by atoms with Crippen molar-refractivity contribution in [2.75, 3.05) is 7.11 Å². The molecule has 0 saturated carbocycles. The Bertz CT molecular complexity index is 743. The van der Waals surface area contributed by atoms with Crippen LogP contribution in [0.4, 0.5) is 13.2 Å². The molecule has 0 radical (unpaired) electrons. The third-order valence-electron chi connectivity index (χ3n) is 2.36. The van der Waals surface area contributed by atoms with E-state index in [1.54, 1.807) is 12.1 Å².